The minimum Gasteiger partial charge on any atom is -0.467 e. The summed E-state index contributed by atoms with van der Waals surface area (Å²) >= 11 is 0. The SMILES string of the molecule is CCC(=O)NCC(=O)NCc1ccco1. The summed E-state index contributed by atoms with van der Waals surface area (Å²) in [6.07, 6.45) is 1.92. The van der Waals surface area contributed by atoms with Crippen LogP contribution in [0.15, 0.2) is 22.8 Å². The fourth-order valence-electron chi connectivity index (χ4n) is 0.965. The molecule has 0 radical (unpaired) electrons. The number of furan rings is 1. The Hall–Kier alpha value is -1.78. The van der Waals surface area contributed by atoms with E-state index in [1.165, 1.54) is 0 Å². The summed E-state index contributed by atoms with van der Waals surface area (Å²) in [5.74, 6) is 0.321. The monoisotopic (exact) mass is 210 g/mol. The maximum absolute atomic E-state index is 11.2. The lowest BCUT2D eigenvalue weighted by atomic mass is 10.4. The maximum Gasteiger partial charge on any atom is 0.239 e. The van der Waals surface area contributed by atoms with Gasteiger partial charge in [0.05, 0.1) is 19.4 Å². The van der Waals surface area contributed by atoms with Crippen molar-refractivity contribution in [2.75, 3.05) is 6.54 Å². The molecule has 0 aliphatic rings. The highest BCUT2D eigenvalue weighted by Gasteiger charge is 2.03. The van der Waals surface area contributed by atoms with Gasteiger partial charge in [0, 0.05) is 6.42 Å². The fraction of sp³-hybridized carbons (Fsp3) is 0.400. The summed E-state index contributed by atoms with van der Waals surface area (Å²) in [5.41, 5.74) is 0. The van der Waals surface area contributed by atoms with Crippen LogP contribution >= 0.6 is 0 Å². The van der Waals surface area contributed by atoms with Crippen molar-refractivity contribution in [2.24, 2.45) is 0 Å². The van der Waals surface area contributed by atoms with Crippen LogP contribution in [-0.4, -0.2) is 18.4 Å². The number of carbonyl (C=O) groups is 2. The molecule has 0 spiro atoms. The van der Waals surface area contributed by atoms with Crippen molar-refractivity contribution < 1.29 is 14.0 Å². The summed E-state index contributed by atoms with van der Waals surface area (Å²) < 4.78 is 5.03. The zero-order valence-corrected chi connectivity index (χ0v) is 8.58. The van der Waals surface area contributed by atoms with Crippen molar-refractivity contribution in [1.29, 1.82) is 0 Å². The van der Waals surface area contributed by atoms with Crippen LogP contribution in [0.5, 0.6) is 0 Å². The second-order valence-electron chi connectivity index (χ2n) is 2.99. The van der Waals surface area contributed by atoms with Gasteiger partial charge in [-0.3, -0.25) is 9.59 Å². The Morgan fingerprint density at radius 2 is 2.13 bits per heavy atom. The van der Waals surface area contributed by atoms with Gasteiger partial charge in [-0.05, 0) is 12.1 Å². The van der Waals surface area contributed by atoms with Crippen LogP contribution in [0.3, 0.4) is 0 Å². The van der Waals surface area contributed by atoms with Gasteiger partial charge in [-0.15, -0.1) is 0 Å². The Morgan fingerprint density at radius 3 is 2.73 bits per heavy atom. The van der Waals surface area contributed by atoms with Crippen LogP contribution in [-0.2, 0) is 16.1 Å². The Morgan fingerprint density at radius 1 is 1.33 bits per heavy atom. The van der Waals surface area contributed by atoms with E-state index in [1.807, 2.05) is 0 Å². The minimum absolute atomic E-state index is 0.00732. The quantitative estimate of drug-likeness (QED) is 0.740. The third-order valence-corrected chi connectivity index (χ3v) is 1.81. The minimum atomic E-state index is -0.229. The molecule has 15 heavy (non-hydrogen) atoms. The molecule has 0 saturated heterocycles. The van der Waals surface area contributed by atoms with Crippen molar-refractivity contribution in [3.8, 4) is 0 Å². The van der Waals surface area contributed by atoms with E-state index in [0.29, 0.717) is 18.7 Å². The van der Waals surface area contributed by atoms with Crippen molar-refractivity contribution in [1.82, 2.24) is 10.6 Å². The molecule has 0 aromatic carbocycles. The molecule has 0 aliphatic heterocycles. The molecule has 1 aromatic rings. The average Bonchev–Trinajstić information content (AvgIpc) is 2.75. The smallest absolute Gasteiger partial charge is 0.239 e. The Labute approximate surface area is 87.8 Å². The van der Waals surface area contributed by atoms with Gasteiger partial charge in [-0.25, -0.2) is 0 Å². The highest BCUT2D eigenvalue weighted by molar-refractivity contribution is 5.84. The first-order valence-electron chi connectivity index (χ1n) is 4.78. The summed E-state index contributed by atoms with van der Waals surface area (Å²) in [4.78, 5) is 22.0. The molecule has 0 unspecified atom stereocenters. The van der Waals surface area contributed by atoms with Crippen molar-refractivity contribution in [3.05, 3.63) is 24.2 Å². The summed E-state index contributed by atoms with van der Waals surface area (Å²) in [6.45, 7) is 2.08. The van der Waals surface area contributed by atoms with E-state index in [9.17, 15) is 9.59 Å². The lowest BCUT2D eigenvalue weighted by molar-refractivity contribution is -0.126. The fourth-order valence-corrected chi connectivity index (χ4v) is 0.965. The van der Waals surface area contributed by atoms with Gasteiger partial charge in [0.15, 0.2) is 0 Å². The van der Waals surface area contributed by atoms with E-state index in [2.05, 4.69) is 10.6 Å². The van der Waals surface area contributed by atoms with Gasteiger partial charge in [0.2, 0.25) is 11.8 Å². The summed E-state index contributed by atoms with van der Waals surface area (Å²) in [5, 5.41) is 5.10. The van der Waals surface area contributed by atoms with Gasteiger partial charge < -0.3 is 15.1 Å². The van der Waals surface area contributed by atoms with Crippen LogP contribution in [0.2, 0.25) is 0 Å². The highest BCUT2D eigenvalue weighted by atomic mass is 16.3. The molecule has 0 aliphatic carbocycles. The third-order valence-electron chi connectivity index (χ3n) is 1.81. The Balaban J connectivity index is 2.16. The standard InChI is InChI=1S/C10H14N2O3/c1-2-9(13)12-7-10(14)11-6-8-4-3-5-15-8/h3-5H,2,6-7H2,1H3,(H,11,14)(H,12,13). The molecule has 82 valence electrons. The molecule has 0 saturated carbocycles. The molecule has 2 N–H and O–H groups in total. The number of hydrogen-bond donors (Lipinski definition) is 2. The molecule has 2 amide bonds. The van der Waals surface area contributed by atoms with E-state index in [4.69, 9.17) is 4.42 Å². The lowest BCUT2D eigenvalue weighted by Gasteiger charge is -2.04. The largest absolute Gasteiger partial charge is 0.467 e. The van der Waals surface area contributed by atoms with Gasteiger partial charge in [0.1, 0.15) is 5.76 Å². The molecular formula is C10H14N2O3. The number of nitrogens with one attached hydrogen (secondary N) is 2. The second-order valence-corrected chi connectivity index (χ2v) is 2.99. The van der Waals surface area contributed by atoms with E-state index < -0.39 is 0 Å². The zero-order valence-electron chi connectivity index (χ0n) is 8.58. The van der Waals surface area contributed by atoms with Crippen molar-refractivity contribution >= 4 is 11.8 Å². The Bertz CT molecular complexity index is 319. The van der Waals surface area contributed by atoms with E-state index >= 15 is 0 Å². The number of carbonyl (C=O) groups excluding carboxylic acids is 2. The van der Waals surface area contributed by atoms with Gasteiger partial charge in [-0.2, -0.15) is 0 Å². The summed E-state index contributed by atoms with van der Waals surface area (Å²) in [7, 11) is 0. The van der Waals surface area contributed by atoms with Crippen LogP contribution in [0.4, 0.5) is 0 Å². The zero-order chi connectivity index (χ0) is 11.1. The first kappa shape index (κ1) is 11.3. The molecule has 0 atom stereocenters. The molecule has 0 bridgehead atoms. The molecule has 0 fully saturated rings. The average molecular weight is 210 g/mol. The van der Waals surface area contributed by atoms with E-state index in [0.717, 1.165) is 0 Å². The topological polar surface area (TPSA) is 71.3 Å². The van der Waals surface area contributed by atoms with Crippen LogP contribution in [0.1, 0.15) is 19.1 Å². The van der Waals surface area contributed by atoms with E-state index in [1.54, 1.807) is 25.3 Å². The van der Waals surface area contributed by atoms with Crippen molar-refractivity contribution in [3.63, 3.8) is 0 Å². The third kappa shape index (κ3) is 4.30. The van der Waals surface area contributed by atoms with Gasteiger partial charge in [0.25, 0.3) is 0 Å². The first-order valence-corrected chi connectivity index (χ1v) is 4.78. The maximum atomic E-state index is 11.2. The van der Waals surface area contributed by atoms with Gasteiger partial charge >= 0.3 is 0 Å². The normalized spacial score (nSPS) is 9.67. The first-order chi connectivity index (χ1) is 7.22. The van der Waals surface area contributed by atoms with Gasteiger partial charge in [-0.1, -0.05) is 6.92 Å². The lowest BCUT2D eigenvalue weighted by Crippen LogP contribution is -2.36. The molecule has 5 nitrogen and oxygen atoms in total. The molecular weight excluding hydrogens is 196 g/mol. The number of rotatable bonds is 5. The van der Waals surface area contributed by atoms with Crippen LogP contribution in [0, 0.1) is 0 Å². The molecule has 1 aromatic heterocycles. The predicted molar refractivity (Wildman–Crippen MR) is 53.9 cm³/mol. The highest BCUT2D eigenvalue weighted by Crippen LogP contribution is 1.97. The number of amides is 2. The predicted octanol–water partition coefficient (Wildman–Crippen LogP) is 0.422. The molecule has 1 heterocycles. The van der Waals surface area contributed by atoms with Crippen LogP contribution in [0.25, 0.3) is 0 Å². The summed E-state index contributed by atoms with van der Waals surface area (Å²) in [6, 6.07) is 3.52. The second kappa shape index (κ2) is 5.85. The molecule has 1 rings (SSSR count). The van der Waals surface area contributed by atoms with E-state index in [-0.39, 0.29) is 18.4 Å². The van der Waals surface area contributed by atoms with Crippen molar-refractivity contribution in [2.45, 2.75) is 19.9 Å². The van der Waals surface area contributed by atoms with Crippen LogP contribution < -0.4 is 10.6 Å². The number of hydrogen-bond acceptors (Lipinski definition) is 3. The molecule has 5 heteroatoms. The Kier molecular flexibility index (Phi) is 4.40.